The minimum absolute atomic E-state index is 0.0771. The predicted octanol–water partition coefficient (Wildman–Crippen LogP) is 1.91. The molecule has 0 aromatic heterocycles. The van der Waals surface area contributed by atoms with E-state index < -0.39 is 0 Å². The number of nitrogens with zero attached hydrogens (tertiary/aromatic N) is 1. The zero-order valence-electron chi connectivity index (χ0n) is 9.31. The normalized spacial score (nSPS) is 15.2. The molecule has 0 atom stereocenters. The van der Waals surface area contributed by atoms with Gasteiger partial charge in [-0.1, -0.05) is 18.2 Å². The number of aryl methyl sites for hydroxylation is 1. The van der Waals surface area contributed by atoms with Crippen molar-refractivity contribution in [3.8, 4) is 5.75 Å². The molecule has 1 aromatic carbocycles. The molecule has 0 bridgehead atoms. The highest BCUT2D eigenvalue weighted by Crippen LogP contribution is 2.17. The molecular formula is C12H15NO2S. The highest BCUT2D eigenvalue weighted by Gasteiger charge is 2.18. The molecule has 0 saturated carbocycles. The minimum Gasteiger partial charge on any atom is -0.484 e. The fraction of sp³-hybridized carbons (Fsp3) is 0.417. The van der Waals surface area contributed by atoms with Gasteiger partial charge >= 0.3 is 0 Å². The van der Waals surface area contributed by atoms with Crippen molar-refractivity contribution < 1.29 is 9.53 Å². The Kier molecular flexibility index (Phi) is 3.72. The molecule has 1 amide bonds. The number of ether oxygens (including phenoxy) is 1. The molecule has 0 radical (unpaired) electrons. The summed E-state index contributed by atoms with van der Waals surface area (Å²) in [5, 5.41) is 0. The van der Waals surface area contributed by atoms with Gasteiger partial charge in [-0.25, -0.2) is 0 Å². The highest BCUT2D eigenvalue weighted by molar-refractivity contribution is 7.99. The Balaban J connectivity index is 1.87. The smallest absolute Gasteiger partial charge is 0.261 e. The molecule has 86 valence electrons. The number of rotatable bonds is 3. The van der Waals surface area contributed by atoms with Crippen molar-refractivity contribution in [3.63, 3.8) is 0 Å². The average Bonchev–Trinajstić information content (AvgIpc) is 2.81. The van der Waals surface area contributed by atoms with E-state index in [9.17, 15) is 4.79 Å². The number of amides is 1. The Bertz CT molecular complexity index is 375. The van der Waals surface area contributed by atoms with Gasteiger partial charge in [0.2, 0.25) is 0 Å². The second kappa shape index (κ2) is 5.25. The summed E-state index contributed by atoms with van der Waals surface area (Å²) < 4.78 is 5.51. The van der Waals surface area contributed by atoms with Gasteiger partial charge in [-0.2, -0.15) is 0 Å². The molecule has 0 unspecified atom stereocenters. The van der Waals surface area contributed by atoms with Crippen molar-refractivity contribution in [3.05, 3.63) is 29.8 Å². The van der Waals surface area contributed by atoms with Crippen LogP contribution < -0.4 is 4.74 Å². The summed E-state index contributed by atoms with van der Waals surface area (Å²) in [5.41, 5.74) is 1.06. The Hall–Kier alpha value is -1.16. The van der Waals surface area contributed by atoms with Gasteiger partial charge in [0.1, 0.15) is 5.75 Å². The molecule has 1 aliphatic rings. The maximum atomic E-state index is 11.7. The maximum Gasteiger partial charge on any atom is 0.261 e. The quantitative estimate of drug-likeness (QED) is 0.804. The van der Waals surface area contributed by atoms with Crippen LogP contribution in [0, 0.1) is 6.92 Å². The van der Waals surface area contributed by atoms with Gasteiger partial charge in [-0.05, 0) is 18.6 Å². The first-order valence-corrected chi connectivity index (χ1v) is 6.47. The Morgan fingerprint density at radius 2 is 2.31 bits per heavy atom. The lowest BCUT2D eigenvalue weighted by atomic mass is 10.2. The third-order valence-corrected chi connectivity index (χ3v) is 3.52. The summed E-state index contributed by atoms with van der Waals surface area (Å²) in [6.07, 6.45) is 0. The van der Waals surface area contributed by atoms with Gasteiger partial charge in [0.15, 0.2) is 6.61 Å². The van der Waals surface area contributed by atoms with E-state index in [0.29, 0.717) is 0 Å². The number of hydrogen-bond donors (Lipinski definition) is 0. The summed E-state index contributed by atoms with van der Waals surface area (Å²) >= 11 is 1.78. The zero-order chi connectivity index (χ0) is 11.4. The molecule has 2 rings (SSSR count). The Morgan fingerprint density at radius 3 is 3.00 bits per heavy atom. The first kappa shape index (κ1) is 11.3. The topological polar surface area (TPSA) is 29.5 Å². The number of carbonyl (C=O) groups is 1. The molecular weight excluding hydrogens is 222 g/mol. The number of hydrogen-bond acceptors (Lipinski definition) is 3. The van der Waals surface area contributed by atoms with Gasteiger partial charge in [-0.3, -0.25) is 4.79 Å². The number of thioether (sulfide) groups is 1. The molecule has 1 aliphatic heterocycles. The van der Waals surface area contributed by atoms with Crippen LogP contribution in [-0.4, -0.2) is 35.6 Å². The van der Waals surface area contributed by atoms with Crippen molar-refractivity contribution in [2.24, 2.45) is 0 Å². The van der Waals surface area contributed by atoms with E-state index in [1.807, 2.05) is 36.1 Å². The van der Waals surface area contributed by atoms with Crippen LogP contribution in [0.5, 0.6) is 5.75 Å². The third kappa shape index (κ3) is 2.70. The molecule has 0 N–H and O–H groups in total. The number of carbonyl (C=O) groups excluding carboxylic acids is 1. The van der Waals surface area contributed by atoms with E-state index in [-0.39, 0.29) is 12.5 Å². The second-order valence-electron chi connectivity index (χ2n) is 3.75. The molecule has 1 saturated heterocycles. The van der Waals surface area contributed by atoms with Crippen molar-refractivity contribution in [1.29, 1.82) is 0 Å². The van der Waals surface area contributed by atoms with Gasteiger partial charge in [0.05, 0.1) is 5.88 Å². The monoisotopic (exact) mass is 237 g/mol. The van der Waals surface area contributed by atoms with Gasteiger partial charge in [-0.15, -0.1) is 11.8 Å². The summed E-state index contributed by atoms with van der Waals surface area (Å²) in [6.45, 7) is 2.97. The molecule has 1 fully saturated rings. The van der Waals surface area contributed by atoms with Crippen LogP contribution in [0.4, 0.5) is 0 Å². The highest BCUT2D eigenvalue weighted by atomic mass is 32.2. The van der Waals surface area contributed by atoms with Crippen LogP contribution in [0.1, 0.15) is 5.56 Å². The SMILES string of the molecule is Cc1ccccc1OCC(=O)N1CCSC1. The average molecular weight is 237 g/mol. The molecule has 1 heterocycles. The van der Waals surface area contributed by atoms with E-state index in [0.717, 1.165) is 29.5 Å². The summed E-state index contributed by atoms with van der Waals surface area (Å²) in [4.78, 5) is 13.6. The lowest BCUT2D eigenvalue weighted by molar-refractivity contribution is -0.131. The van der Waals surface area contributed by atoms with Gasteiger partial charge in [0.25, 0.3) is 5.91 Å². The van der Waals surface area contributed by atoms with Gasteiger partial charge < -0.3 is 9.64 Å². The fourth-order valence-corrected chi connectivity index (χ4v) is 2.53. The molecule has 3 nitrogen and oxygen atoms in total. The molecule has 1 aromatic rings. The predicted molar refractivity (Wildman–Crippen MR) is 65.7 cm³/mol. The van der Waals surface area contributed by atoms with Gasteiger partial charge in [0, 0.05) is 12.3 Å². The molecule has 0 aliphatic carbocycles. The molecule has 16 heavy (non-hydrogen) atoms. The summed E-state index contributed by atoms with van der Waals surface area (Å²) in [6, 6.07) is 7.74. The Morgan fingerprint density at radius 1 is 1.50 bits per heavy atom. The first-order valence-electron chi connectivity index (χ1n) is 5.31. The van der Waals surface area contributed by atoms with Crippen molar-refractivity contribution in [2.75, 3.05) is 24.8 Å². The summed E-state index contributed by atoms with van der Waals surface area (Å²) in [7, 11) is 0. The zero-order valence-corrected chi connectivity index (χ0v) is 10.1. The number of para-hydroxylation sites is 1. The van der Waals surface area contributed by atoms with Crippen molar-refractivity contribution in [1.82, 2.24) is 4.90 Å². The van der Waals surface area contributed by atoms with Crippen LogP contribution in [0.25, 0.3) is 0 Å². The largest absolute Gasteiger partial charge is 0.484 e. The minimum atomic E-state index is 0.0771. The molecule has 4 heteroatoms. The van der Waals surface area contributed by atoms with Crippen LogP contribution in [-0.2, 0) is 4.79 Å². The van der Waals surface area contributed by atoms with E-state index in [1.165, 1.54) is 0 Å². The number of benzene rings is 1. The lowest BCUT2D eigenvalue weighted by Crippen LogP contribution is -2.32. The van der Waals surface area contributed by atoms with Crippen LogP contribution in [0.3, 0.4) is 0 Å². The van der Waals surface area contributed by atoms with E-state index in [2.05, 4.69) is 0 Å². The van der Waals surface area contributed by atoms with E-state index >= 15 is 0 Å². The van der Waals surface area contributed by atoms with Crippen LogP contribution in [0.2, 0.25) is 0 Å². The Labute approximate surface area is 99.8 Å². The van der Waals surface area contributed by atoms with Crippen LogP contribution in [0.15, 0.2) is 24.3 Å². The van der Waals surface area contributed by atoms with E-state index in [1.54, 1.807) is 11.8 Å². The van der Waals surface area contributed by atoms with Crippen LogP contribution >= 0.6 is 11.8 Å². The first-order chi connectivity index (χ1) is 7.77. The lowest BCUT2D eigenvalue weighted by Gasteiger charge is -2.15. The standard InChI is InChI=1S/C12H15NO2S/c1-10-4-2-3-5-11(10)15-8-12(14)13-6-7-16-9-13/h2-5H,6-9H2,1H3. The third-order valence-electron chi connectivity index (χ3n) is 2.55. The van der Waals surface area contributed by atoms with Crippen molar-refractivity contribution in [2.45, 2.75) is 6.92 Å². The van der Waals surface area contributed by atoms with Crippen molar-refractivity contribution >= 4 is 17.7 Å². The van der Waals surface area contributed by atoms with E-state index in [4.69, 9.17) is 4.74 Å². The second-order valence-corrected chi connectivity index (χ2v) is 4.82. The fourth-order valence-electron chi connectivity index (χ4n) is 1.56. The maximum absolute atomic E-state index is 11.7. The summed E-state index contributed by atoms with van der Waals surface area (Å²) in [5.74, 6) is 2.71. The molecule has 0 spiro atoms.